The second-order valence-corrected chi connectivity index (χ2v) is 10.3. The molecule has 2 aromatic carbocycles. The Morgan fingerprint density at radius 2 is 1.97 bits per heavy atom. The lowest BCUT2D eigenvalue weighted by atomic mass is 10.1. The fourth-order valence-corrected chi connectivity index (χ4v) is 4.91. The summed E-state index contributed by atoms with van der Waals surface area (Å²) in [7, 11) is 0.223. The molecule has 4 aromatic rings. The first-order valence-corrected chi connectivity index (χ1v) is 12.3. The Morgan fingerprint density at radius 3 is 2.71 bits per heavy atom. The van der Waals surface area contributed by atoms with Crippen LogP contribution in [0.3, 0.4) is 0 Å². The molecule has 0 unspecified atom stereocenters. The maximum Gasteiger partial charge on any atom is 0.209 e. The molecule has 8 nitrogen and oxygen atoms in total. The molecule has 10 heteroatoms. The minimum Gasteiger partial charge on any atom is -0.385 e. The van der Waals surface area contributed by atoms with Gasteiger partial charge in [0.1, 0.15) is 0 Å². The highest BCUT2D eigenvalue weighted by Crippen LogP contribution is 2.31. The fourth-order valence-electron chi connectivity index (χ4n) is 3.29. The third-order valence-electron chi connectivity index (χ3n) is 4.96. The first-order chi connectivity index (χ1) is 14.8. The number of methoxy groups -OCH3 is 1. The van der Waals surface area contributed by atoms with Crippen LogP contribution in [-0.4, -0.2) is 48.7 Å². The van der Waals surface area contributed by atoms with E-state index in [4.69, 9.17) is 4.74 Å². The minimum absolute atomic E-state index is 0.0620. The second-order valence-electron chi connectivity index (χ2n) is 7.26. The van der Waals surface area contributed by atoms with E-state index < -0.39 is 9.84 Å². The molecule has 4 rings (SSSR count). The third kappa shape index (κ3) is 4.46. The van der Waals surface area contributed by atoms with Gasteiger partial charge in [-0.2, -0.15) is 0 Å². The number of aromatic nitrogens is 3. The van der Waals surface area contributed by atoms with Crippen molar-refractivity contribution in [2.75, 3.05) is 25.3 Å². The average Bonchev–Trinajstić information content (AvgIpc) is 3.27. The van der Waals surface area contributed by atoms with Crippen LogP contribution >= 0.6 is 11.3 Å². The number of rotatable bonds is 8. The Balaban J connectivity index is 1.61. The van der Waals surface area contributed by atoms with Crippen LogP contribution in [0.2, 0.25) is 0 Å². The number of Topliss-reactive ketones (excluding diaryl/α,β-unsaturated/α-hetero) is 1. The molecule has 0 aliphatic carbocycles. The van der Waals surface area contributed by atoms with Crippen molar-refractivity contribution in [2.24, 2.45) is 7.05 Å². The van der Waals surface area contributed by atoms with Crippen molar-refractivity contribution in [1.82, 2.24) is 14.5 Å². The monoisotopic (exact) mass is 458 g/mol. The number of aryl methyl sites for hydroxylation is 1. The zero-order chi connectivity index (χ0) is 22.2. The average molecular weight is 459 g/mol. The number of benzene rings is 2. The summed E-state index contributed by atoms with van der Waals surface area (Å²) in [5.74, 6) is 0.647. The highest BCUT2D eigenvalue weighted by molar-refractivity contribution is 7.90. The molecular weight excluding hydrogens is 436 g/mol. The van der Waals surface area contributed by atoms with E-state index in [0.717, 1.165) is 10.2 Å². The number of fused-ring (bicyclic) bond motifs is 2. The van der Waals surface area contributed by atoms with Gasteiger partial charge in [-0.15, -0.1) is 0 Å². The maximum atomic E-state index is 12.4. The molecule has 0 saturated carbocycles. The van der Waals surface area contributed by atoms with Gasteiger partial charge in [0.05, 0.1) is 26.1 Å². The molecule has 162 valence electrons. The highest BCUT2D eigenvalue weighted by Gasteiger charge is 2.15. The molecule has 2 aromatic heterocycles. The number of imidazole rings is 1. The Hall–Kier alpha value is -2.82. The smallest absolute Gasteiger partial charge is 0.209 e. The zero-order valence-corrected chi connectivity index (χ0v) is 19.0. The van der Waals surface area contributed by atoms with Crippen molar-refractivity contribution < 1.29 is 17.9 Å². The van der Waals surface area contributed by atoms with Crippen LogP contribution in [0.1, 0.15) is 23.2 Å². The number of sulfone groups is 1. The van der Waals surface area contributed by atoms with Crippen molar-refractivity contribution in [3.63, 3.8) is 0 Å². The molecule has 0 radical (unpaired) electrons. The Kier molecular flexibility index (Phi) is 5.78. The molecule has 0 atom stereocenters. The van der Waals surface area contributed by atoms with E-state index in [1.807, 2.05) is 23.7 Å². The van der Waals surface area contributed by atoms with Crippen molar-refractivity contribution in [3.8, 4) is 0 Å². The molecule has 1 N–H and O–H groups in total. The quantitative estimate of drug-likeness (QED) is 0.315. The van der Waals surface area contributed by atoms with Crippen molar-refractivity contribution in [3.05, 3.63) is 42.0 Å². The van der Waals surface area contributed by atoms with Crippen LogP contribution in [0.5, 0.6) is 0 Å². The Morgan fingerprint density at radius 1 is 1.16 bits per heavy atom. The number of nitrogens with one attached hydrogen (secondary N) is 1. The Labute approximate surface area is 183 Å². The summed E-state index contributed by atoms with van der Waals surface area (Å²) in [4.78, 5) is 21.8. The highest BCUT2D eigenvalue weighted by atomic mass is 32.2. The van der Waals surface area contributed by atoms with E-state index in [1.54, 1.807) is 31.4 Å². The Bertz CT molecular complexity index is 1390. The van der Waals surface area contributed by atoms with Gasteiger partial charge in [-0.1, -0.05) is 11.3 Å². The van der Waals surface area contributed by atoms with Crippen LogP contribution < -0.4 is 5.32 Å². The molecule has 0 saturated heterocycles. The van der Waals surface area contributed by atoms with Crippen LogP contribution in [-0.2, 0) is 21.6 Å². The molecule has 31 heavy (non-hydrogen) atoms. The molecule has 0 aliphatic heterocycles. The molecule has 0 spiro atoms. The largest absolute Gasteiger partial charge is 0.385 e. The molecule has 0 amide bonds. The van der Waals surface area contributed by atoms with E-state index in [-0.39, 0.29) is 10.7 Å². The zero-order valence-electron chi connectivity index (χ0n) is 17.4. The predicted molar refractivity (Wildman–Crippen MR) is 122 cm³/mol. The lowest BCUT2D eigenvalue weighted by molar-refractivity contribution is 0.0963. The summed E-state index contributed by atoms with van der Waals surface area (Å²) in [5.41, 5.74) is 2.93. The van der Waals surface area contributed by atoms with Gasteiger partial charge in [0.2, 0.25) is 5.95 Å². The summed E-state index contributed by atoms with van der Waals surface area (Å²) < 4.78 is 31.3. The topological polar surface area (TPSA) is 103 Å². The lowest BCUT2D eigenvalue weighted by Gasteiger charge is -2.03. The van der Waals surface area contributed by atoms with Crippen LogP contribution in [0.15, 0.2) is 41.3 Å². The number of thiazole rings is 1. The lowest BCUT2D eigenvalue weighted by Crippen LogP contribution is -2.01. The SMILES string of the molecule is COCCCC(=O)c1ccc2c(c1)nc(Nc1nc3ccc(S(C)(=O)=O)cc3s1)n2C. The first-order valence-electron chi connectivity index (χ1n) is 9.62. The van der Waals surface area contributed by atoms with Gasteiger partial charge < -0.3 is 14.6 Å². The summed E-state index contributed by atoms with van der Waals surface area (Å²) in [6, 6.07) is 10.4. The first kappa shape index (κ1) is 21.4. The van der Waals surface area contributed by atoms with Gasteiger partial charge in [0.15, 0.2) is 20.8 Å². The van der Waals surface area contributed by atoms with Gasteiger partial charge in [0.25, 0.3) is 0 Å². The number of carbonyl (C=O) groups is 1. The van der Waals surface area contributed by atoms with E-state index >= 15 is 0 Å². The summed E-state index contributed by atoms with van der Waals surface area (Å²) >= 11 is 1.35. The molecule has 0 fully saturated rings. The number of carbonyl (C=O) groups excluding carboxylic acids is 1. The normalized spacial score (nSPS) is 12.0. The van der Waals surface area contributed by atoms with Crippen molar-refractivity contribution in [2.45, 2.75) is 17.7 Å². The summed E-state index contributed by atoms with van der Waals surface area (Å²) in [6.07, 6.45) is 2.30. The van der Waals surface area contributed by atoms with E-state index in [9.17, 15) is 13.2 Å². The fraction of sp³-hybridized carbons (Fsp3) is 0.286. The summed E-state index contributed by atoms with van der Waals surface area (Å²) in [6.45, 7) is 0.555. The van der Waals surface area contributed by atoms with Gasteiger partial charge in [0, 0.05) is 39.0 Å². The van der Waals surface area contributed by atoms with Crippen LogP contribution in [0, 0.1) is 0 Å². The number of hydrogen-bond donors (Lipinski definition) is 1. The molecule has 0 aliphatic rings. The summed E-state index contributed by atoms with van der Waals surface area (Å²) in [5, 5.41) is 3.81. The molecule has 0 bridgehead atoms. The van der Waals surface area contributed by atoms with Gasteiger partial charge in [-0.25, -0.2) is 18.4 Å². The number of hydrogen-bond acceptors (Lipinski definition) is 8. The van der Waals surface area contributed by atoms with Crippen LogP contribution in [0.25, 0.3) is 21.3 Å². The van der Waals surface area contributed by atoms with Crippen molar-refractivity contribution in [1.29, 1.82) is 0 Å². The van der Waals surface area contributed by atoms with Gasteiger partial charge >= 0.3 is 0 Å². The van der Waals surface area contributed by atoms with Gasteiger partial charge in [-0.3, -0.25) is 4.79 Å². The molecular formula is C21H22N4O4S2. The van der Waals surface area contributed by atoms with E-state index in [2.05, 4.69) is 15.3 Å². The van der Waals surface area contributed by atoms with Crippen molar-refractivity contribution >= 4 is 59.3 Å². The predicted octanol–water partition coefficient (Wildman–Crippen LogP) is 3.94. The number of nitrogens with zero attached hydrogens (tertiary/aromatic N) is 3. The molecule has 2 heterocycles. The third-order valence-corrected chi connectivity index (χ3v) is 7.01. The van der Waals surface area contributed by atoms with Gasteiger partial charge in [-0.05, 0) is 42.8 Å². The number of anilines is 2. The van der Waals surface area contributed by atoms with Crippen LogP contribution in [0.4, 0.5) is 11.1 Å². The van der Waals surface area contributed by atoms with E-state index in [0.29, 0.717) is 47.1 Å². The standard InChI is InChI=1S/C21H22N4O4S2/c1-25-17-9-6-13(18(26)5-4-10-29-2)11-16(17)22-20(25)24-21-23-15-8-7-14(31(3,27)28)12-19(15)30-21/h6-9,11-12H,4-5,10H2,1-3H3,(H,22,23,24). The maximum absolute atomic E-state index is 12.4. The van der Waals surface area contributed by atoms with E-state index in [1.165, 1.54) is 17.6 Å². The second kappa shape index (κ2) is 8.37. The minimum atomic E-state index is -3.28. The number of ketones is 1. The number of ether oxygens (including phenoxy) is 1.